The second-order valence-corrected chi connectivity index (χ2v) is 11.1. The Morgan fingerprint density at radius 1 is 1.14 bits per heavy atom. The molecule has 0 radical (unpaired) electrons. The van der Waals surface area contributed by atoms with Gasteiger partial charge in [0, 0.05) is 23.0 Å². The van der Waals surface area contributed by atoms with Crippen molar-refractivity contribution in [1.29, 1.82) is 5.41 Å². The van der Waals surface area contributed by atoms with Crippen molar-refractivity contribution >= 4 is 51.3 Å². The first kappa shape index (κ1) is 45.9. The summed E-state index contributed by atoms with van der Waals surface area (Å²) in [6, 6.07) is 0. The molecule has 0 aromatic rings. The Morgan fingerprint density at radius 2 is 1.62 bits per heavy atom. The fourth-order valence-corrected chi connectivity index (χ4v) is 2.61. The third-order valence-electron chi connectivity index (χ3n) is 4.26. The average Bonchev–Trinajstić information content (AvgIpc) is 2.86. The van der Waals surface area contributed by atoms with E-state index in [2.05, 4.69) is 18.5 Å². The lowest BCUT2D eigenvalue weighted by Crippen LogP contribution is -2.44. The summed E-state index contributed by atoms with van der Waals surface area (Å²) in [7, 11) is 4.05. The van der Waals surface area contributed by atoms with Gasteiger partial charge >= 0.3 is 17.6 Å². The van der Waals surface area contributed by atoms with Crippen molar-refractivity contribution in [1.82, 2.24) is 5.32 Å². The van der Waals surface area contributed by atoms with E-state index in [-0.39, 0.29) is 11.4 Å². The maximum atomic E-state index is 12.3. The fourth-order valence-electron chi connectivity index (χ4n) is 1.67. The Morgan fingerprint density at radius 3 is 1.86 bits per heavy atom. The molecule has 0 amide bonds. The molecule has 1 unspecified atom stereocenters. The molecule has 0 bridgehead atoms. The van der Waals surface area contributed by atoms with E-state index in [1.54, 1.807) is 40.0 Å². The van der Waals surface area contributed by atoms with Crippen molar-refractivity contribution in [3.63, 3.8) is 0 Å². The van der Waals surface area contributed by atoms with Crippen LogP contribution in [-0.2, 0) is 23.9 Å². The normalized spacial score (nSPS) is 11.9. The number of nitrogens with one attached hydrogen (secondary N) is 2. The molecule has 0 aliphatic rings. The highest BCUT2D eigenvalue weighted by Gasteiger charge is 2.31. The summed E-state index contributed by atoms with van der Waals surface area (Å²) in [5.74, 6) is -3.80. The van der Waals surface area contributed by atoms with Gasteiger partial charge in [-0.05, 0) is 54.5 Å². The summed E-state index contributed by atoms with van der Waals surface area (Å²) in [6.45, 7) is 16.0. The van der Waals surface area contributed by atoms with Crippen LogP contribution < -0.4 is 11.1 Å². The number of likely N-dealkylation sites (N-methyl/N-ethyl adjacent to an activating group) is 1. The summed E-state index contributed by atoms with van der Waals surface area (Å²) in [4.78, 5) is 42.1. The Hall–Kier alpha value is -3.06. The van der Waals surface area contributed by atoms with E-state index in [9.17, 15) is 32.3 Å². The molecule has 0 spiro atoms. The third kappa shape index (κ3) is 28.5. The smallest absolute Gasteiger partial charge is 0.378 e. The number of ether oxygens (including phenoxy) is 1. The van der Waals surface area contributed by atoms with E-state index < -0.39 is 34.4 Å². The number of carboxylic acid groups (broad SMARTS) is 2. The maximum absolute atomic E-state index is 12.3. The quantitative estimate of drug-likeness (QED) is 0.0428. The Balaban J connectivity index is -0.000000239. The van der Waals surface area contributed by atoms with Gasteiger partial charge in [-0.25, -0.2) is 9.18 Å². The summed E-state index contributed by atoms with van der Waals surface area (Å²) >= 11 is 1.33. The predicted octanol–water partition coefficient (Wildman–Crippen LogP) is 5.09. The largest absolute Gasteiger partial charge is 0.480 e. The molecular formula is C27H43F3N3O7PS. The summed E-state index contributed by atoms with van der Waals surface area (Å²) in [5.41, 5.74) is 0.609. The van der Waals surface area contributed by atoms with Crippen LogP contribution in [0, 0.1) is 10.8 Å². The average molecular weight is 642 g/mol. The minimum absolute atomic E-state index is 0.203. The van der Waals surface area contributed by atoms with E-state index >= 15 is 0 Å². The molecule has 42 heavy (non-hydrogen) atoms. The number of aliphatic carboxylic acids is 2. The topological polar surface area (TPSA) is 180 Å². The van der Waals surface area contributed by atoms with Crippen LogP contribution in [0.3, 0.4) is 0 Å². The standard InChI is InChI=1S/C11H16O2S.C9H13FN2O.C5H11NO2.C2H3F2O2P/c1-5-10(7-12)14-9(2)6-11(3,4)8-13;1-7(10)6-8(9(11)12)4-3-5-13-2;1-5(2,6-3)4(7)8;3-2(4,7)1(5)6/h5,7-8H,2,6H2,1,3-4H3;3-4,6H,1,5H2,2H3,(H3,11,12);6H,1-3H3,(H,7,8);7H2,(H,5,6)/b10-5-;4-3-,8-6+;;. The second kappa shape index (κ2) is 23.5. The number of carbonyl (C=O) groups is 4. The number of methoxy groups -OCH3 is 1. The van der Waals surface area contributed by atoms with Gasteiger partial charge in [0.2, 0.25) is 0 Å². The van der Waals surface area contributed by atoms with E-state index in [0.29, 0.717) is 17.9 Å². The monoisotopic (exact) mass is 641 g/mol. The van der Waals surface area contributed by atoms with Gasteiger partial charge in [0.05, 0.1) is 6.61 Å². The number of thioether (sulfide) groups is 1. The molecular weight excluding hydrogens is 598 g/mol. The first-order valence-electron chi connectivity index (χ1n) is 11.8. The van der Waals surface area contributed by atoms with Crippen molar-refractivity contribution in [3.8, 4) is 0 Å². The number of allylic oxidation sites excluding steroid dienone is 5. The van der Waals surface area contributed by atoms with Crippen molar-refractivity contribution in [3.05, 3.63) is 58.7 Å². The highest BCUT2D eigenvalue weighted by molar-refractivity contribution is 8.07. The number of aldehydes is 2. The molecule has 0 saturated heterocycles. The minimum Gasteiger partial charge on any atom is -0.480 e. The summed E-state index contributed by atoms with van der Waals surface area (Å²) < 4.78 is 39.5. The molecule has 1 atom stereocenters. The van der Waals surface area contributed by atoms with Gasteiger partial charge in [-0.1, -0.05) is 57.0 Å². The lowest BCUT2D eigenvalue weighted by molar-refractivity contribution is -0.153. The van der Waals surface area contributed by atoms with Gasteiger partial charge in [0.25, 0.3) is 0 Å². The van der Waals surface area contributed by atoms with Crippen LogP contribution >= 0.6 is 21.0 Å². The maximum Gasteiger partial charge on any atom is 0.378 e. The van der Waals surface area contributed by atoms with Crippen LogP contribution in [-0.4, -0.2) is 72.5 Å². The minimum atomic E-state index is -3.67. The van der Waals surface area contributed by atoms with Crippen LogP contribution in [0.4, 0.5) is 13.2 Å². The van der Waals surface area contributed by atoms with Crippen LogP contribution in [0.2, 0.25) is 0 Å². The molecule has 0 rings (SSSR count). The molecule has 0 aliphatic carbocycles. The first-order valence-corrected chi connectivity index (χ1v) is 13.2. The van der Waals surface area contributed by atoms with Gasteiger partial charge in [0.1, 0.15) is 23.5 Å². The Labute approximate surface area is 252 Å². The third-order valence-corrected chi connectivity index (χ3v) is 5.51. The van der Waals surface area contributed by atoms with Crippen molar-refractivity contribution in [2.75, 3.05) is 20.8 Å². The molecule has 0 aromatic heterocycles. The zero-order valence-corrected chi connectivity index (χ0v) is 26.9. The number of hydrogen-bond acceptors (Lipinski definition) is 8. The molecule has 0 saturated carbocycles. The zero-order chi connectivity index (χ0) is 34.3. The molecule has 6 N–H and O–H groups in total. The van der Waals surface area contributed by atoms with Crippen LogP contribution in [0.5, 0.6) is 0 Å². The van der Waals surface area contributed by atoms with Crippen LogP contribution in [0.1, 0.15) is 41.0 Å². The lowest BCUT2D eigenvalue weighted by atomic mass is 9.92. The number of hydrogen-bond donors (Lipinski definition) is 5. The second-order valence-electron chi connectivity index (χ2n) is 9.16. The van der Waals surface area contributed by atoms with Crippen LogP contribution in [0.25, 0.3) is 0 Å². The molecule has 0 heterocycles. The van der Waals surface area contributed by atoms with Crippen molar-refractivity contribution < 1.29 is 47.3 Å². The van der Waals surface area contributed by atoms with E-state index in [4.69, 9.17) is 26.1 Å². The Bertz CT molecular complexity index is 1020. The van der Waals surface area contributed by atoms with E-state index in [0.717, 1.165) is 32.8 Å². The van der Waals surface area contributed by atoms with E-state index in [1.807, 2.05) is 13.8 Å². The summed E-state index contributed by atoms with van der Waals surface area (Å²) in [6.07, 6.45) is 8.27. The van der Waals surface area contributed by atoms with Gasteiger partial charge in [-0.3, -0.25) is 15.0 Å². The molecule has 0 aromatic carbocycles. The molecule has 15 heteroatoms. The molecule has 0 fully saturated rings. The number of carbonyl (C=O) groups excluding carboxylic acids is 2. The SMILES string of the molecule is C=C(CC(C)(C)C=O)S/C(C=O)=C\C.C=C(F)/C=C(\C=C/COC)C(=N)N.CNC(C)(C)C(=O)O.O=C(O)C(F)(F)P. The predicted molar refractivity (Wildman–Crippen MR) is 165 cm³/mol. The number of carboxylic acids is 2. The van der Waals surface area contributed by atoms with Gasteiger partial charge in [-0.15, -0.1) is 0 Å². The van der Waals surface area contributed by atoms with Crippen LogP contribution in [0.15, 0.2) is 58.7 Å². The zero-order valence-electron chi connectivity index (χ0n) is 24.9. The number of halogens is 3. The first-order chi connectivity index (χ1) is 19.0. The highest BCUT2D eigenvalue weighted by Crippen LogP contribution is 2.32. The molecule has 240 valence electrons. The number of rotatable bonds is 14. The highest BCUT2D eigenvalue weighted by atomic mass is 32.2. The van der Waals surface area contributed by atoms with Gasteiger partial charge in [0.15, 0.2) is 6.29 Å². The van der Waals surface area contributed by atoms with Crippen molar-refractivity contribution in [2.24, 2.45) is 11.1 Å². The lowest BCUT2D eigenvalue weighted by Gasteiger charge is -2.17. The molecule has 10 nitrogen and oxygen atoms in total. The number of amidine groups is 1. The molecule has 0 aliphatic heterocycles. The summed E-state index contributed by atoms with van der Waals surface area (Å²) in [5, 5.41) is 25.6. The van der Waals surface area contributed by atoms with Crippen molar-refractivity contribution in [2.45, 2.75) is 52.2 Å². The number of nitrogens with two attached hydrogens (primary N) is 1. The van der Waals surface area contributed by atoms with Gasteiger partial charge < -0.3 is 30.8 Å². The number of alkyl halides is 2. The van der Waals surface area contributed by atoms with Gasteiger partial charge in [-0.2, -0.15) is 8.78 Å². The van der Waals surface area contributed by atoms with E-state index in [1.165, 1.54) is 24.9 Å². The fraction of sp³-hybridized carbons (Fsp3) is 0.444. The Kier molecular flexibility index (Phi) is 25.7.